The number of imidazole rings is 1. The number of hydrogen-bond donors (Lipinski definition) is 0. The largest absolute Gasteiger partial charge is 0.309 e. The van der Waals surface area contributed by atoms with E-state index in [0.29, 0.717) is 17.8 Å². The van der Waals surface area contributed by atoms with Crippen LogP contribution in [0.1, 0.15) is 90.2 Å². The minimum absolute atomic E-state index is 0.0938. The van der Waals surface area contributed by atoms with E-state index in [0.717, 1.165) is 53.1 Å². The monoisotopic (exact) mass is 1080 g/mol. The van der Waals surface area contributed by atoms with Gasteiger partial charge in [-0.2, -0.15) is 0 Å². The highest BCUT2D eigenvalue weighted by Crippen LogP contribution is 2.77. The van der Waals surface area contributed by atoms with Gasteiger partial charge in [0.25, 0.3) is 0 Å². The fourth-order valence-electron chi connectivity index (χ4n) is 19.0. The second-order valence-electron chi connectivity index (χ2n) is 25.5. The van der Waals surface area contributed by atoms with E-state index in [-0.39, 0.29) is 16.2 Å². The predicted octanol–water partition coefficient (Wildman–Crippen LogP) is 20.5. The summed E-state index contributed by atoms with van der Waals surface area (Å²) in [5.41, 5.74) is 27.9. The molecule has 3 heteroatoms. The Bertz CT molecular complexity index is 4830. The first-order valence-electron chi connectivity index (χ1n) is 30.7. The molecule has 5 aliphatic rings. The molecule has 4 bridgehead atoms. The highest BCUT2D eigenvalue weighted by Gasteiger charge is 2.70. The fourth-order valence-corrected chi connectivity index (χ4v) is 19.0. The van der Waals surface area contributed by atoms with Gasteiger partial charge in [-0.15, -0.1) is 0 Å². The average molecular weight is 1080 g/mol. The van der Waals surface area contributed by atoms with Crippen molar-refractivity contribution in [3.05, 3.63) is 294 Å². The maximum atomic E-state index is 5.32. The number of aromatic nitrogens is 3. The second kappa shape index (κ2) is 18.1. The summed E-state index contributed by atoms with van der Waals surface area (Å²) in [5.74, 6) is 2.10. The van der Waals surface area contributed by atoms with Crippen LogP contribution in [0.25, 0.3) is 100 Å². The molecule has 6 unspecified atom stereocenters. The van der Waals surface area contributed by atoms with Gasteiger partial charge in [-0.3, -0.25) is 4.57 Å². The van der Waals surface area contributed by atoms with Gasteiger partial charge in [0.15, 0.2) is 0 Å². The van der Waals surface area contributed by atoms with Crippen LogP contribution in [0.5, 0.6) is 0 Å². The van der Waals surface area contributed by atoms with Crippen molar-refractivity contribution in [1.82, 2.24) is 14.1 Å². The van der Waals surface area contributed by atoms with Crippen molar-refractivity contribution >= 4 is 32.8 Å². The van der Waals surface area contributed by atoms with Gasteiger partial charge in [0.05, 0.1) is 22.1 Å². The summed E-state index contributed by atoms with van der Waals surface area (Å²) in [6.07, 6.45) is 8.21. The van der Waals surface area contributed by atoms with Crippen molar-refractivity contribution < 1.29 is 0 Å². The predicted molar refractivity (Wildman–Crippen MR) is 347 cm³/mol. The molecular formula is C81H63N3. The molecule has 11 aromatic carbocycles. The van der Waals surface area contributed by atoms with Gasteiger partial charge in [-0.25, -0.2) is 4.98 Å². The molecule has 3 saturated carbocycles. The van der Waals surface area contributed by atoms with Crippen LogP contribution < -0.4 is 0 Å². The molecule has 18 rings (SSSR count). The van der Waals surface area contributed by atoms with Crippen molar-refractivity contribution in [2.24, 2.45) is 5.92 Å². The molecular weight excluding hydrogens is 1010 g/mol. The van der Waals surface area contributed by atoms with E-state index in [1.54, 1.807) is 22.3 Å². The second-order valence-corrected chi connectivity index (χ2v) is 25.5. The van der Waals surface area contributed by atoms with E-state index in [4.69, 9.17) is 4.98 Å². The van der Waals surface area contributed by atoms with Crippen molar-refractivity contribution in [2.45, 2.75) is 80.0 Å². The first-order valence-corrected chi connectivity index (χ1v) is 30.7. The van der Waals surface area contributed by atoms with E-state index in [2.05, 4.69) is 277 Å². The Hall–Kier alpha value is -9.31. The number of rotatable bonds is 6. The van der Waals surface area contributed by atoms with Crippen molar-refractivity contribution in [3.8, 4) is 67.3 Å². The van der Waals surface area contributed by atoms with Gasteiger partial charge >= 0.3 is 0 Å². The van der Waals surface area contributed by atoms with Crippen molar-refractivity contribution in [2.75, 3.05) is 0 Å². The quantitative estimate of drug-likeness (QED) is 0.163. The highest BCUT2D eigenvalue weighted by atomic mass is 15.1. The molecule has 6 atom stereocenters. The Morgan fingerprint density at radius 3 is 1.65 bits per heavy atom. The molecule has 0 radical (unpaired) electrons. The zero-order valence-corrected chi connectivity index (χ0v) is 47.3. The molecule has 0 amide bonds. The van der Waals surface area contributed by atoms with E-state index in [1.165, 1.54) is 103 Å². The number of hydrogen-bond acceptors (Lipinski definition) is 1. The lowest BCUT2D eigenvalue weighted by molar-refractivity contribution is -0.0728. The van der Waals surface area contributed by atoms with Crippen LogP contribution in [0, 0.1) is 12.8 Å². The third-order valence-corrected chi connectivity index (χ3v) is 21.6. The molecule has 84 heavy (non-hydrogen) atoms. The summed E-state index contributed by atoms with van der Waals surface area (Å²) in [7, 11) is 0. The summed E-state index contributed by atoms with van der Waals surface area (Å²) >= 11 is 0. The van der Waals surface area contributed by atoms with Crippen LogP contribution in [-0.2, 0) is 16.2 Å². The molecule has 3 nitrogen and oxygen atoms in total. The van der Waals surface area contributed by atoms with Crippen molar-refractivity contribution in [3.63, 3.8) is 0 Å². The molecule has 402 valence electrons. The third-order valence-electron chi connectivity index (χ3n) is 21.6. The van der Waals surface area contributed by atoms with E-state index in [9.17, 15) is 0 Å². The number of para-hydroxylation sites is 4. The van der Waals surface area contributed by atoms with Crippen LogP contribution in [0.2, 0.25) is 0 Å². The number of fused-ring (bicyclic) bond motifs is 14. The molecule has 2 heterocycles. The number of nitrogens with zero attached hydrogens (tertiary/aromatic N) is 3. The number of aryl methyl sites for hydroxylation is 1. The maximum absolute atomic E-state index is 5.32. The van der Waals surface area contributed by atoms with Gasteiger partial charge in [-0.05, 0) is 190 Å². The Morgan fingerprint density at radius 1 is 0.369 bits per heavy atom. The normalized spacial score (nSPS) is 22.5. The van der Waals surface area contributed by atoms with Crippen molar-refractivity contribution in [1.29, 1.82) is 0 Å². The van der Waals surface area contributed by atoms with Gasteiger partial charge in [0, 0.05) is 44.0 Å². The zero-order chi connectivity index (χ0) is 55.3. The molecule has 0 N–H and O–H groups in total. The lowest BCUT2D eigenvalue weighted by Crippen LogP contribution is -2.66. The smallest absolute Gasteiger partial charge is 0.145 e. The zero-order valence-electron chi connectivity index (χ0n) is 47.3. The van der Waals surface area contributed by atoms with Gasteiger partial charge < -0.3 is 4.57 Å². The van der Waals surface area contributed by atoms with Crippen LogP contribution in [-0.4, -0.2) is 14.1 Å². The molecule has 2 aromatic heterocycles. The molecule has 13 aromatic rings. The topological polar surface area (TPSA) is 22.8 Å². The summed E-state index contributed by atoms with van der Waals surface area (Å²) in [6.45, 7) is 2.32. The summed E-state index contributed by atoms with van der Waals surface area (Å²) < 4.78 is 4.79. The van der Waals surface area contributed by atoms with Crippen LogP contribution in [0.15, 0.2) is 261 Å². The van der Waals surface area contributed by atoms with Crippen LogP contribution >= 0.6 is 0 Å². The SMILES string of the molecule is Cc1ccccc1-c1ccccc1C12CCCC34CC(CC5(CC(C1)c1ccccc1-c1ccccc15)C23)c1ccccc1-c1c(-c2ccc(-n3c5ccccc5c5ccc(-c6nc7ccccc7n6-c6ccccc6)cc53)cc2)cccc14. The lowest BCUT2D eigenvalue weighted by Gasteiger charge is -2.70. The van der Waals surface area contributed by atoms with Crippen LogP contribution in [0.3, 0.4) is 0 Å². The van der Waals surface area contributed by atoms with Crippen LogP contribution in [0.4, 0.5) is 0 Å². The minimum atomic E-state index is -0.110. The minimum Gasteiger partial charge on any atom is -0.309 e. The van der Waals surface area contributed by atoms with Gasteiger partial charge in [0.2, 0.25) is 0 Å². The lowest BCUT2D eigenvalue weighted by atomic mass is 9.33. The van der Waals surface area contributed by atoms with E-state index in [1.807, 2.05) is 0 Å². The van der Waals surface area contributed by atoms with Gasteiger partial charge in [0.1, 0.15) is 5.82 Å². The Kier molecular flexibility index (Phi) is 10.4. The summed E-state index contributed by atoms with van der Waals surface area (Å²) in [4.78, 5) is 5.32. The third kappa shape index (κ3) is 6.67. The maximum Gasteiger partial charge on any atom is 0.145 e. The molecule has 0 saturated heterocycles. The Balaban J connectivity index is 0.846. The summed E-state index contributed by atoms with van der Waals surface area (Å²) in [5, 5.41) is 2.47. The number of benzene rings is 11. The summed E-state index contributed by atoms with van der Waals surface area (Å²) in [6, 6.07) is 100. The molecule has 2 spiro atoms. The van der Waals surface area contributed by atoms with E-state index >= 15 is 0 Å². The first-order chi connectivity index (χ1) is 41.5. The first kappa shape index (κ1) is 48.2. The standard InChI is InChI=1S/C81H63N3/c1-52-21-5-6-24-59(52)64-28-11-14-33-69(64)79-45-20-46-80-49-56(51-81(78(79)80)50-55(48-79)60-25-7-9-27-63(60)65-29-12-15-34-70(65)81)61-26-8-10-31-68(61)76-62(32-19-35-71(76)80)53-39-42-58(43-40-53)83-73-37-17-13-30-66(73)67-44-41-54(47-75(67)83)77-82-72-36-16-18-38-74(72)84(77)57-22-3-2-4-23-57/h2-19,21-44,47,55-56,78H,20,45-46,48-51H2,1H3. The van der Waals surface area contributed by atoms with Gasteiger partial charge in [-0.1, -0.05) is 219 Å². The fraction of sp³-hybridized carbons (Fsp3) is 0.173. The highest BCUT2D eigenvalue weighted by molar-refractivity contribution is 6.10. The molecule has 0 aliphatic heterocycles. The Morgan fingerprint density at radius 2 is 0.893 bits per heavy atom. The molecule has 3 fully saturated rings. The Labute approximate surface area is 491 Å². The average Bonchev–Trinajstić information content (AvgIpc) is 1.21. The van der Waals surface area contributed by atoms with E-state index < -0.39 is 0 Å². The molecule has 5 aliphatic carbocycles.